The van der Waals surface area contributed by atoms with E-state index in [1.54, 1.807) is 24.3 Å². The molecule has 1 unspecified atom stereocenters. The molecule has 0 bridgehead atoms. The predicted molar refractivity (Wildman–Crippen MR) is 105 cm³/mol. The minimum atomic E-state index is -0.667. The van der Waals surface area contributed by atoms with Crippen molar-refractivity contribution in [2.75, 3.05) is 4.90 Å². The second-order valence-electron chi connectivity index (χ2n) is 7.57. The molecule has 5 nitrogen and oxygen atoms in total. The molecule has 6 heteroatoms. The van der Waals surface area contributed by atoms with Gasteiger partial charge in [-0.3, -0.25) is 19.3 Å². The maximum atomic E-state index is 13.5. The molecule has 5 atom stereocenters. The van der Waals surface area contributed by atoms with E-state index in [4.69, 9.17) is 11.6 Å². The Morgan fingerprint density at radius 3 is 2.54 bits per heavy atom. The summed E-state index contributed by atoms with van der Waals surface area (Å²) < 4.78 is 0. The summed E-state index contributed by atoms with van der Waals surface area (Å²) in [6.45, 7) is 1.51. The molecule has 0 radical (unpaired) electrons. The number of Topliss-reactive ketones (excluding diaryl/α,β-unsaturated/α-hetero) is 1. The van der Waals surface area contributed by atoms with Crippen LogP contribution >= 0.6 is 11.6 Å². The Morgan fingerprint density at radius 2 is 1.79 bits per heavy atom. The van der Waals surface area contributed by atoms with E-state index < -0.39 is 17.9 Å². The number of nitrogens with one attached hydrogen (secondary N) is 1. The van der Waals surface area contributed by atoms with Crippen LogP contribution in [0.15, 0.2) is 54.7 Å². The van der Waals surface area contributed by atoms with Crippen LogP contribution in [0.1, 0.15) is 24.1 Å². The van der Waals surface area contributed by atoms with Crippen LogP contribution < -0.4 is 9.80 Å². The molecule has 3 aliphatic rings. The smallest absolute Gasteiger partial charge is 0.244 e. The summed E-state index contributed by atoms with van der Waals surface area (Å²) in [6.07, 6.45) is 3.91. The number of carbonyl (C=O) groups excluding carboxylic acids is 3. The van der Waals surface area contributed by atoms with Gasteiger partial charge in [0.15, 0.2) is 11.8 Å². The number of fused-ring (bicyclic) bond motifs is 5. The van der Waals surface area contributed by atoms with Gasteiger partial charge in [0, 0.05) is 17.5 Å². The molecule has 1 N–H and O–H groups in total. The highest BCUT2D eigenvalue weighted by atomic mass is 35.5. The van der Waals surface area contributed by atoms with E-state index >= 15 is 0 Å². The van der Waals surface area contributed by atoms with Gasteiger partial charge in [-0.25, -0.2) is 4.90 Å². The van der Waals surface area contributed by atoms with Gasteiger partial charge in [-0.15, -0.1) is 0 Å². The first-order valence-electron chi connectivity index (χ1n) is 9.26. The summed E-state index contributed by atoms with van der Waals surface area (Å²) in [5, 5.41) is 0.455. The van der Waals surface area contributed by atoms with E-state index in [1.807, 2.05) is 36.5 Å². The molecule has 0 aromatic heterocycles. The lowest BCUT2D eigenvalue weighted by Crippen LogP contribution is -3.12. The van der Waals surface area contributed by atoms with Crippen LogP contribution in [-0.2, 0) is 14.4 Å². The van der Waals surface area contributed by atoms with Crippen molar-refractivity contribution in [2.24, 2.45) is 11.8 Å². The second-order valence-corrected chi connectivity index (χ2v) is 8.01. The van der Waals surface area contributed by atoms with Crippen LogP contribution in [0.25, 0.3) is 6.08 Å². The van der Waals surface area contributed by atoms with Crippen LogP contribution in [0, 0.1) is 11.8 Å². The van der Waals surface area contributed by atoms with Gasteiger partial charge in [-0.2, -0.15) is 0 Å². The quantitative estimate of drug-likeness (QED) is 0.794. The van der Waals surface area contributed by atoms with Gasteiger partial charge in [-0.05, 0) is 29.8 Å². The summed E-state index contributed by atoms with van der Waals surface area (Å²) in [7, 11) is 0. The fraction of sp³-hybridized carbons (Fsp3) is 0.227. The number of quaternary nitrogens is 1. The number of rotatable bonds is 2. The third-order valence-electron chi connectivity index (χ3n) is 6.13. The van der Waals surface area contributed by atoms with Crippen LogP contribution in [-0.4, -0.2) is 23.6 Å². The average Bonchev–Trinajstić information content (AvgIpc) is 3.15. The lowest BCUT2D eigenvalue weighted by molar-refractivity contribution is -0.884. The number of hydrogen-bond donors (Lipinski definition) is 1. The van der Waals surface area contributed by atoms with Crippen molar-refractivity contribution in [1.29, 1.82) is 0 Å². The molecule has 140 valence electrons. The Kier molecular flexibility index (Phi) is 3.79. The highest BCUT2D eigenvalue weighted by molar-refractivity contribution is 6.31. The van der Waals surface area contributed by atoms with E-state index in [0.29, 0.717) is 10.7 Å². The van der Waals surface area contributed by atoms with E-state index in [9.17, 15) is 14.4 Å². The molecule has 5 rings (SSSR count). The number of anilines is 1. The van der Waals surface area contributed by atoms with E-state index in [1.165, 1.54) is 11.8 Å². The summed E-state index contributed by atoms with van der Waals surface area (Å²) in [4.78, 5) is 41.5. The van der Waals surface area contributed by atoms with Crippen molar-refractivity contribution in [2.45, 2.75) is 19.0 Å². The van der Waals surface area contributed by atoms with E-state index in [0.717, 1.165) is 16.0 Å². The SMILES string of the molecule is CC(=O)[C@H]1[C@@H]2C(=O)N(c3cccc(Cl)c3)C(=O)[C@@H]2[C@H]2c3ccccc3C=C[NH+]21. The Hall–Kier alpha value is -2.76. The molecule has 0 spiro atoms. The van der Waals surface area contributed by atoms with Gasteiger partial charge in [0.05, 0.1) is 11.9 Å². The lowest BCUT2D eigenvalue weighted by Gasteiger charge is -2.30. The van der Waals surface area contributed by atoms with Crippen LogP contribution in [0.4, 0.5) is 5.69 Å². The molecule has 2 fully saturated rings. The Balaban J connectivity index is 1.66. The molecule has 3 aliphatic heterocycles. The minimum absolute atomic E-state index is 0.0781. The van der Waals surface area contributed by atoms with E-state index in [-0.39, 0.29) is 23.6 Å². The van der Waals surface area contributed by atoms with Crippen molar-refractivity contribution in [3.8, 4) is 0 Å². The van der Waals surface area contributed by atoms with Crippen molar-refractivity contribution < 1.29 is 19.3 Å². The van der Waals surface area contributed by atoms with Crippen molar-refractivity contribution in [1.82, 2.24) is 0 Å². The Morgan fingerprint density at radius 1 is 1.04 bits per heavy atom. The normalized spacial score (nSPS) is 30.2. The number of benzene rings is 2. The van der Waals surface area contributed by atoms with Gasteiger partial charge in [0.25, 0.3) is 0 Å². The first-order valence-corrected chi connectivity index (χ1v) is 9.64. The van der Waals surface area contributed by atoms with Gasteiger partial charge in [-0.1, -0.05) is 41.9 Å². The third-order valence-corrected chi connectivity index (χ3v) is 6.36. The highest BCUT2D eigenvalue weighted by Crippen LogP contribution is 2.44. The predicted octanol–water partition coefficient (Wildman–Crippen LogP) is 2.03. The van der Waals surface area contributed by atoms with Crippen molar-refractivity contribution in [3.05, 3.63) is 70.9 Å². The monoisotopic (exact) mass is 393 g/mol. The Bertz CT molecular complexity index is 1060. The number of halogens is 1. The maximum absolute atomic E-state index is 13.5. The largest absolute Gasteiger partial charge is 0.293 e. The van der Waals surface area contributed by atoms with Gasteiger partial charge in [0.2, 0.25) is 11.8 Å². The number of hydrogen-bond acceptors (Lipinski definition) is 3. The number of nitrogens with zero attached hydrogens (tertiary/aromatic N) is 1. The Labute approximate surface area is 167 Å². The van der Waals surface area contributed by atoms with Gasteiger partial charge >= 0.3 is 0 Å². The van der Waals surface area contributed by atoms with Crippen LogP contribution in [0.2, 0.25) is 5.02 Å². The molecule has 2 aromatic carbocycles. The van der Waals surface area contributed by atoms with Gasteiger partial charge < -0.3 is 0 Å². The summed E-state index contributed by atoms with van der Waals surface area (Å²) >= 11 is 6.08. The molecule has 0 saturated carbocycles. The molecule has 2 amide bonds. The first-order chi connectivity index (χ1) is 13.5. The van der Waals surface area contributed by atoms with Gasteiger partial charge in [0.1, 0.15) is 17.9 Å². The molecular weight excluding hydrogens is 376 g/mol. The molecular formula is C22H18ClN2O3+. The summed E-state index contributed by atoms with van der Waals surface area (Å²) in [5.41, 5.74) is 2.49. The average molecular weight is 394 g/mol. The number of imide groups is 1. The standard InChI is InChI=1S/C22H17ClN2O3/c1-12(26)19-17-18(20-16-8-3-2-5-13(16)9-10-24(19)20)22(28)25(21(17)27)15-7-4-6-14(23)11-15/h2-11,17-20H,1H3/p+1/t17-,18+,19+,20-/m1/s1. The fourth-order valence-electron chi connectivity index (χ4n) is 5.09. The molecule has 3 heterocycles. The topological polar surface area (TPSA) is 58.9 Å². The number of ketones is 1. The lowest BCUT2D eigenvalue weighted by atomic mass is 9.84. The molecule has 28 heavy (non-hydrogen) atoms. The maximum Gasteiger partial charge on any atom is 0.244 e. The zero-order chi connectivity index (χ0) is 19.6. The summed E-state index contributed by atoms with van der Waals surface area (Å²) in [6, 6.07) is 13.8. The minimum Gasteiger partial charge on any atom is -0.293 e. The first kappa shape index (κ1) is 17.3. The summed E-state index contributed by atoms with van der Waals surface area (Å²) in [5.74, 6) is -1.88. The van der Waals surface area contributed by atoms with Crippen molar-refractivity contribution >= 4 is 41.0 Å². The number of carbonyl (C=O) groups is 3. The third kappa shape index (κ3) is 2.26. The molecule has 2 aromatic rings. The highest BCUT2D eigenvalue weighted by Gasteiger charge is 2.67. The van der Waals surface area contributed by atoms with Crippen LogP contribution in [0.3, 0.4) is 0 Å². The zero-order valence-electron chi connectivity index (χ0n) is 15.1. The van der Waals surface area contributed by atoms with E-state index in [2.05, 4.69) is 0 Å². The molecule has 0 aliphatic carbocycles. The fourth-order valence-corrected chi connectivity index (χ4v) is 5.28. The zero-order valence-corrected chi connectivity index (χ0v) is 15.9. The number of amides is 2. The van der Waals surface area contributed by atoms with Crippen LogP contribution in [0.5, 0.6) is 0 Å². The second kappa shape index (κ2) is 6.12. The molecule has 2 saturated heterocycles. The van der Waals surface area contributed by atoms with Crippen molar-refractivity contribution in [3.63, 3.8) is 0 Å².